The van der Waals surface area contributed by atoms with Crippen LogP contribution in [0.2, 0.25) is 5.02 Å². The van der Waals surface area contributed by atoms with Gasteiger partial charge < -0.3 is 19.7 Å². The molecule has 2 aromatic carbocycles. The predicted octanol–water partition coefficient (Wildman–Crippen LogP) is 4.45. The van der Waals surface area contributed by atoms with Crippen LogP contribution in [-0.4, -0.2) is 47.7 Å². The van der Waals surface area contributed by atoms with E-state index in [1.165, 1.54) is 0 Å². The number of thiocarbonyl (C=S) groups is 1. The molecule has 1 heterocycles. The molecule has 7 heteroatoms. The van der Waals surface area contributed by atoms with Crippen LogP contribution in [0.5, 0.6) is 5.75 Å². The Kier molecular flexibility index (Phi) is 7.11. The molecule has 2 atom stereocenters. The Hall–Kier alpha value is -2.15. The van der Waals surface area contributed by atoms with Crippen molar-refractivity contribution in [1.82, 2.24) is 4.90 Å². The van der Waals surface area contributed by atoms with Crippen LogP contribution in [-0.2, 0) is 9.53 Å². The van der Waals surface area contributed by atoms with Crippen LogP contribution in [0.3, 0.4) is 0 Å². The van der Waals surface area contributed by atoms with E-state index in [-0.39, 0.29) is 24.7 Å². The molecular weight excluding hydrogens is 408 g/mol. The number of aryl methyl sites for hydroxylation is 1. The highest BCUT2D eigenvalue weighted by molar-refractivity contribution is 7.80. The number of carbonyl (C=O) groups is 1. The quantitative estimate of drug-likeness (QED) is 0.707. The van der Waals surface area contributed by atoms with Gasteiger partial charge in [0.15, 0.2) is 6.61 Å². The molecule has 5 nitrogen and oxygen atoms in total. The van der Waals surface area contributed by atoms with Crippen molar-refractivity contribution in [1.29, 1.82) is 0 Å². The predicted molar refractivity (Wildman–Crippen MR) is 120 cm³/mol. The van der Waals surface area contributed by atoms with Gasteiger partial charge in [0.2, 0.25) is 0 Å². The Bertz CT molecular complexity index is 878. The molecule has 0 aromatic heterocycles. The van der Waals surface area contributed by atoms with Crippen LogP contribution in [0.1, 0.15) is 25.0 Å². The molecule has 1 amide bonds. The number of anilines is 1. The van der Waals surface area contributed by atoms with Crippen molar-refractivity contribution < 1.29 is 14.3 Å². The zero-order valence-electron chi connectivity index (χ0n) is 16.8. The highest BCUT2D eigenvalue weighted by Gasteiger charge is 2.24. The fourth-order valence-corrected chi connectivity index (χ4v) is 3.74. The molecule has 0 radical (unpaired) electrons. The van der Waals surface area contributed by atoms with Crippen molar-refractivity contribution >= 4 is 40.4 Å². The van der Waals surface area contributed by atoms with Crippen molar-refractivity contribution in [3.8, 4) is 5.75 Å². The smallest absolute Gasteiger partial charge is 0.262 e. The lowest BCUT2D eigenvalue weighted by Crippen LogP contribution is -2.47. The van der Waals surface area contributed by atoms with E-state index < -0.39 is 0 Å². The molecule has 0 bridgehead atoms. The second-order valence-electron chi connectivity index (χ2n) is 7.29. The lowest BCUT2D eigenvalue weighted by molar-refractivity contribution is -0.118. The van der Waals surface area contributed by atoms with Gasteiger partial charge in [-0.1, -0.05) is 29.9 Å². The number of hydrogen-bond donors (Lipinski definition) is 1. The number of halogens is 1. The Morgan fingerprint density at radius 3 is 2.52 bits per heavy atom. The summed E-state index contributed by atoms with van der Waals surface area (Å²) in [7, 11) is 0. The normalized spacial score (nSPS) is 19.0. The maximum Gasteiger partial charge on any atom is 0.262 e. The summed E-state index contributed by atoms with van der Waals surface area (Å²) in [5.41, 5.74) is 2.57. The Morgan fingerprint density at radius 1 is 1.21 bits per heavy atom. The molecule has 0 spiro atoms. The maximum atomic E-state index is 12.2. The summed E-state index contributed by atoms with van der Waals surface area (Å²) >= 11 is 11.6. The molecule has 154 valence electrons. The van der Waals surface area contributed by atoms with E-state index >= 15 is 0 Å². The summed E-state index contributed by atoms with van der Waals surface area (Å²) in [5, 5.41) is 3.39. The first kappa shape index (κ1) is 21.6. The number of rotatable bonds is 5. The average Bonchev–Trinajstić information content (AvgIpc) is 2.68. The monoisotopic (exact) mass is 432 g/mol. The third-order valence-electron chi connectivity index (χ3n) is 4.65. The second-order valence-corrected chi connectivity index (χ2v) is 8.11. The summed E-state index contributed by atoms with van der Waals surface area (Å²) in [5.74, 6) is 0.365. The minimum absolute atomic E-state index is 0.0890. The van der Waals surface area contributed by atoms with Gasteiger partial charge in [0.1, 0.15) is 10.7 Å². The number of ether oxygens (including phenoxy) is 2. The van der Waals surface area contributed by atoms with Crippen LogP contribution < -0.4 is 10.1 Å². The first-order valence-electron chi connectivity index (χ1n) is 9.55. The molecule has 0 unspecified atom stereocenters. The topological polar surface area (TPSA) is 50.8 Å². The Morgan fingerprint density at radius 2 is 1.86 bits per heavy atom. The average molecular weight is 433 g/mol. The van der Waals surface area contributed by atoms with Crippen molar-refractivity contribution in [3.63, 3.8) is 0 Å². The summed E-state index contributed by atoms with van der Waals surface area (Å²) in [6.45, 7) is 7.49. The van der Waals surface area contributed by atoms with Gasteiger partial charge in [-0.15, -0.1) is 0 Å². The number of hydrogen-bond acceptors (Lipinski definition) is 4. The first-order chi connectivity index (χ1) is 13.8. The minimum Gasteiger partial charge on any atom is -0.484 e. The molecule has 1 fully saturated rings. The highest BCUT2D eigenvalue weighted by atomic mass is 35.5. The fourth-order valence-electron chi connectivity index (χ4n) is 3.28. The van der Waals surface area contributed by atoms with Crippen LogP contribution in [0.25, 0.3) is 0 Å². The van der Waals surface area contributed by atoms with E-state index in [9.17, 15) is 4.79 Å². The van der Waals surface area contributed by atoms with E-state index in [0.717, 1.165) is 29.2 Å². The SMILES string of the molecule is Cc1ccc(Cl)cc1NC(=O)COc1ccc(C(=S)N2C[C@@H](C)O[C@@H](C)C2)cc1. The molecule has 1 saturated heterocycles. The molecule has 1 aliphatic rings. The van der Waals surface area contributed by atoms with E-state index in [1.54, 1.807) is 12.1 Å². The third kappa shape index (κ3) is 5.92. The van der Waals surface area contributed by atoms with Gasteiger partial charge in [-0.3, -0.25) is 4.79 Å². The minimum atomic E-state index is -0.244. The number of nitrogens with one attached hydrogen (secondary N) is 1. The zero-order valence-corrected chi connectivity index (χ0v) is 18.3. The number of morpholine rings is 1. The number of amides is 1. The Labute approximate surface area is 181 Å². The first-order valence-corrected chi connectivity index (χ1v) is 10.3. The number of benzene rings is 2. The molecule has 0 saturated carbocycles. The number of carbonyl (C=O) groups excluding carboxylic acids is 1. The van der Waals surface area contributed by atoms with Crippen molar-refractivity contribution in [2.24, 2.45) is 0 Å². The summed E-state index contributed by atoms with van der Waals surface area (Å²) in [4.78, 5) is 15.1. The maximum absolute atomic E-state index is 12.2. The van der Waals surface area contributed by atoms with Crippen LogP contribution in [0.4, 0.5) is 5.69 Å². The van der Waals surface area contributed by atoms with Gasteiger partial charge >= 0.3 is 0 Å². The van der Waals surface area contributed by atoms with Gasteiger partial charge in [-0.2, -0.15) is 0 Å². The van der Waals surface area contributed by atoms with E-state index in [4.69, 9.17) is 33.3 Å². The summed E-state index contributed by atoms with van der Waals surface area (Å²) in [6.07, 6.45) is 0.307. The van der Waals surface area contributed by atoms with Crippen LogP contribution in [0.15, 0.2) is 42.5 Å². The molecular formula is C22H25ClN2O3S. The molecule has 1 N–H and O–H groups in total. The van der Waals surface area contributed by atoms with Crippen molar-refractivity contribution in [2.45, 2.75) is 33.0 Å². The lowest BCUT2D eigenvalue weighted by atomic mass is 10.1. The number of nitrogens with zero attached hydrogens (tertiary/aromatic N) is 1. The lowest BCUT2D eigenvalue weighted by Gasteiger charge is -2.37. The van der Waals surface area contributed by atoms with Gasteiger partial charge in [0.05, 0.1) is 12.2 Å². The van der Waals surface area contributed by atoms with Gasteiger partial charge in [-0.25, -0.2) is 0 Å². The van der Waals surface area contributed by atoms with Gasteiger partial charge in [-0.05, 0) is 62.7 Å². The van der Waals surface area contributed by atoms with E-state index in [1.807, 2.05) is 37.3 Å². The summed E-state index contributed by atoms with van der Waals surface area (Å²) < 4.78 is 11.4. The van der Waals surface area contributed by atoms with Crippen LogP contribution in [0, 0.1) is 6.92 Å². The van der Waals surface area contributed by atoms with E-state index in [2.05, 4.69) is 24.1 Å². The Balaban J connectivity index is 1.54. The molecule has 3 rings (SSSR count). The van der Waals surface area contributed by atoms with E-state index in [0.29, 0.717) is 16.5 Å². The second kappa shape index (κ2) is 9.57. The molecule has 29 heavy (non-hydrogen) atoms. The fraction of sp³-hybridized carbons (Fsp3) is 0.364. The third-order valence-corrected chi connectivity index (χ3v) is 5.38. The summed E-state index contributed by atoms with van der Waals surface area (Å²) in [6, 6.07) is 12.9. The van der Waals surface area contributed by atoms with Crippen LogP contribution >= 0.6 is 23.8 Å². The standard InChI is InChI=1S/C22H25ClN2O3S/c1-14-4-7-18(23)10-20(14)24-21(26)13-27-19-8-5-17(6-9-19)22(29)25-11-15(2)28-16(3)12-25/h4-10,15-16H,11-13H2,1-3H3,(H,24,26)/t15-,16+. The van der Waals surface area contributed by atoms with Crippen molar-refractivity contribution in [2.75, 3.05) is 25.0 Å². The van der Waals surface area contributed by atoms with Crippen molar-refractivity contribution in [3.05, 3.63) is 58.6 Å². The van der Waals surface area contributed by atoms with Gasteiger partial charge in [0.25, 0.3) is 5.91 Å². The molecule has 2 aromatic rings. The zero-order chi connectivity index (χ0) is 21.0. The molecule has 1 aliphatic heterocycles. The highest BCUT2D eigenvalue weighted by Crippen LogP contribution is 2.21. The van der Waals surface area contributed by atoms with Gasteiger partial charge in [0, 0.05) is 29.4 Å². The molecule has 0 aliphatic carbocycles. The largest absolute Gasteiger partial charge is 0.484 e.